The quantitative estimate of drug-likeness (QED) is 0.800. The molecule has 3 nitrogen and oxygen atoms in total. The second-order valence-electron chi connectivity index (χ2n) is 5.00. The normalized spacial score (nSPS) is 18.4. The van der Waals surface area contributed by atoms with Crippen LogP contribution in [0.2, 0.25) is 0 Å². The van der Waals surface area contributed by atoms with Crippen molar-refractivity contribution in [1.29, 1.82) is 0 Å². The first-order chi connectivity index (χ1) is 7.79. The molecule has 16 heavy (non-hydrogen) atoms. The third kappa shape index (κ3) is 2.29. The minimum Gasteiger partial charge on any atom is -0.333 e. The van der Waals surface area contributed by atoms with E-state index in [1.54, 1.807) is 0 Å². The highest BCUT2D eigenvalue weighted by molar-refractivity contribution is 5.00. The van der Waals surface area contributed by atoms with Gasteiger partial charge in [0.1, 0.15) is 0 Å². The molecule has 0 amide bonds. The van der Waals surface area contributed by atoms with Crippen LogP contribution >= 0.6 is 0 Å². The topological polar surface area (TPSA) is 29.9 Å². The zero-order valence-electron chi connectivity index (χ0n) is 10.5. The van der Waals surface area contributed by atoms with Crippen molar-refractivity contribution in [3.63, 3.8) is 0 Å². The molecule has 0 bridgehead atoms. The van der Waals surface area contributed by atoms with Gasteiger partial charge in [0, 0.05) is 19.3 Å². The number of imidazole rings is 1. The Bertz CT molecular complexity index is 320. The van der Waals surface area contributed by atoms with Crippen LogP contribution in [0.15, 0.2) is 12.5 Å². The van der Waals surface area contributed by atoms with Crippen molar-refractivity contribution in [1.82, 2.24) is 14.9 Å². The van der Waals surface area contributed by atoms with Crippen LogP contribution in [0.4, 0.5) is 0 Å². The van der Waals surface area contributed by atoms with Crippen LogP contribution in [0.1, 0.15) is 45.2 Å². The molecule has 0 aliphatic heterocycles. The monoisotopic (exact) mass is 221 g/mol. The van der Waals surface area contributed by atoms with Crippen molar-refractivity contribution >= 4 is 0 Å². The lowest BCUT2D eigenvalue weighted by molar-refractivity contribution is 0.0990. The van der Waals surface area contributed by atoms with Gasteiger partial charge in [-0.2, -0.15) is 0 Å². The Kier molecular flexibility index (Phi) is 3.64. The number of aromatic nitrogens is 2. The number of nitrogens with zero attached hydrogens (tertiary/aromatic N) is 2. The number of rotatable bonds is 6. The van der Waals surface area contributed by atoms with Crippen LogP contribution in [-0.2, 0) is 13.1 Å². The largest absolute Gasteiger partial charge is 0.333 e. The Morgan fingerprint density at radius 1 is 1.44 bits per heavy atom. The molecule has 90 valence electrons. The average Bonchev–Trinajstić information content (AvgIpc) is 2.68. The van der Waals surface area contributed by atoms with Crippen LogP contribution in [0.3, 0.4) is 0 Å². The fourth-order valence-corrected chi connectivity index (χ4v) is 2.55. The average molecular weight is 221 g/mol. The summed E-state index contributed by atoms with van der Waals surface area (Å²) in [4.78, 5) is 4.27. The molecule has 1 aliphatic rings. The van der Waals surface area contributed by atoms with Gasteiger partial charge in [-0.3, -0.25) is 0 Å². The van der Waals surface area contributed by atoms with E-state index in [0.717, 1.165) is 19.6 Å². The van der Waals surface area contributed by atoms with E-state index in [4.69, 9.17) is 0 Å². The van der Waals surface area contributed by atoms with Gasteiger partial charge in [-0.05, 0) is 31.2 Å². The van der Waals surface area contributed by atoms with Crippen LogP contribution in [-0.4, -0.2) is 16.1 Å². The van der Waals surface area contributed by atoms with Crippen LogP contribution in [0.5, 0.6) is 0 Å². The first-order valence-electron chi connectivity index (χ1n) is 6.49. The molecule has 2 rings (SSSR count). The van der Waals surface area contributed by atoms with Crippen molar-refractivity contribution in [3.8, 4) is 0 Å². The molecule has 1 saturated carbocycles. The maximum atomic E-state index is 4.27. The Morgan fingerprint density at radius 2 is 2.25 bits per heavy atom. The van der Waals surface area contributed by atoms with E-state index in [2.05, 4.69) is 28.7 Å². The third-order valence-electron chi connectivity index (χ3n) is 4.02. The maximum Gasteiger partial charge on any atom is 0.0948 e. The molecule has 1 aromatic rings. The van der Waals surface area contributed by atoms with Gasteiger partial charge in [0.15, 0.2) is 0 Å². The summed E-state index contributed by atoms with van der Waals surface area (Å²) in [6.45, 7) is 7.57. The predicted molar refractivity (Wildman–Crippen MR) is 66.2 cm³/mol. The van der Waals surface area contributed by atoms with Crippen molar-refractivity contribution in [2.24, 2.45) is 5.41 Å². The Labute approximate surface area is 98.3 Å². The molecule has 3 heteroatoms. The molecular weight excluding hydrogens is 198 g/mol. The van der Waals surface area contributed by atoms with Crippen LogP contribution in [0, 0.1) is 5.41 Å². The van der Waals surface area contributed by atoms with E-state index in [1.807, 2.05) is 12.5 Å². The summed E-state index contributed by atoms with van der Waals surface area (Å²) >= 11 is 0. The fourth-order valence-electron chi connectivity index (χ4n) is 2.55. The summed E-state index contributed by atoms with van der Waals surface area (Å²) in [5, 5.41) is 3.37. The van der Waals surface area contributed by atoms with Crippen LogP contribution in [0.25, 0.3) is 0 Å². The van der Waals surface area contributed by atoms with Crippen molar-refractivity contribution in [2.45, 2.75) is 52.6 Å². The zero-order valence-corrected chi connectivity index (χ0v) is 10.5. The lowest BCUT2D eigenvalue weighted by atomic mass is 9.67. The zero-order chi connectivity index (χ0) is 11.4. The van der Waals surface area contributed by atoms with Gasteiger partial charge in [0.2, 0.25) is 0 Å². The summed E-state index contributed by atoms with van der Waals surface area (Å²) < 4.78 is 2.34. The molecule has 1 heterocycles. The van der Waals surface area contributed by atoms with Crippen LogP contribution < -0.4 is 5.32 Å². The summed E-state index contributed by atoms with van der Waals surface area (Å²) in [6, 6.07) is 0. The lowest BCUT2D eigenvalue weighted by Crippen LogP contribution is -2.34. The number of hydrogen-bond donors (Lipinski definition) is 1. The highest BCUT2D eigenvalue weighted by Gasteiger charge is 2.35. The third-order valence-corrected chi connectivity index (χ3v) is 4.02. The summed E-state index contributed by atoms with van der Waals surface area (Å²) in [6.07, 6.45) is 9.47. The fraction of sp³-hybridized carbons (Fsp3) is 0.769. The first kappa shape index (κ1) is 11.6. The van der Waals surface area contributed by atoms with Gasteiger partial charge < -0.3 is 9.88 Å². The van der Waals surface area contributed by atoms with Gasteiger partial charge in [-0.15, -0.1) is 0 Å². The first-order valence-corrected chi connectivity index (χ1v) is 6.49. The molecule has 0 aromatic carbocycles. The van der Waals surface area contributed by atoms with Crippen molar-refractivity contribution in [2.75, 3.05) is 6.54 Å². The molecule has 0 spiro atoms. The highest BCUT2D eigenvalue weighted by Crippen LogP contribution is 2.45. The Hall–Kier alpha value is -0.830. The molecule has 0 radical (unpaired) electrons. The minimum atomic E-state index is 0.571. The Morgan fingerprint density at radius 3 is 2.81 bits per heavy atom. The SMILES string of the molecule is CCNCc1cncn1CC1(CC)CCC1. The standard InChI is InChI=1S/C13H23N3/c1-3-13(6-5-7-13)10-16-11-15-9-12(16)8-14-4-2/h9,11,14H,3-8,10H2,1-2H3. The second kappa shape index (κ2) is 5.00. The van der Waals surface area contributed by atoms with E-state index in [-0.39, 0.29) is 0 Å². The predicted octanol–water partition coefficient (Wildman–Crippen LogP) is 2.57. The molecular formula is C13H23N3. The summed E-state index contributed by atoms with van der Waals surface area (Å²) in [5.74, 6) is 0. The van der Waals surface area contributed by atoms with Gasteiger partial charge in [-0.1, -0.05) is 20.3 Å². The minimum absolute atomic E-state index is 0.571. The van der Waals surface area contributed by atoms with Crippen molar-refractivity contribution < 1.29 is 0 Å². The second-order valence-corrected chi connectivity index (χ2v) is 5.00. The van der Waals surface area contributed by atoms with Gasteiger partial charge in [0.05, 0.1) is 12.0 Å². The molecule has 1 N–H and O–H groups in total. The molecule has 1 aromatic heterocycles. The number of hydrogen-bond acceptors (Lipinski definition) is 2. The van der Waals surface area contributed by atoms with Crippen molar-refractivity contribution in [3.05, 3.63) is 18.2 Å². The van der Waals surface area contributed by atoms with Gasteiger partial charge in [0.25, 0.3) is 0 Å². The molecule has 1 fully saturated rings. The van der Waals surface area contributed by atoms with Gasteiger partial charge >= 0.3 is 0 Å². The lowest BCUT2D eigenvalue weighted by Gasteiger charge is -2.41. The summed E-state index contributed by atoms with van der Waals surface area (Å²) in [7, 11) is 0. The smallest absolute Gasteiger partial charge is 0.0948 e. The highest BCUT2D eigenvalue weighted by atomic mass is 15.1. The van der Waals surface area contributed by atoms with E-state index in [9.17, 15) is 0 Å². The maximum absolute atomic E-state index is 4.27. The van der Waals surface area contributed by atoms with E-state index >= 15 is 0 Å². The Balaban J connectivity index is 2.00. The van der Waals surface area contributed by atoms with E-state index in [1.165, 1.54) is 31.4 Å². The van der Waals surface area contributed by atoms with E-state index in [0.29, 0.717) is 5.41 Å². The number of nitrogens with one attached hydrogen (secondary N) is 1. The molecule has 0 unspecified atom stereocenters. The molecule has 0 saturated heterocycles. The molecule has 1 aliphatic carbocycles. The molecule has 0 atom stereocenters. The summed E-state index contributed by atoms with van der Waals surface area (Å²) in [5.41, 5.74) is 1.89. The van der Waals surface area contributed by atoms with Gasteiger partial charge in [-0.25, -0.2) is 4.98 Å². The van der Waals surface area contributed by atoms with E-state index < -0.39 is 0 Å².